The average Bonchev–Trinajstić information content (AvgIpc) is 2.24. The van der Waals surface area contributed by atoms with Crippen LogP contribution in [0.5, 0.6) is 5.75 Å². The zero-order chi connectivity index (χ0) is 12.9. The van der Waals surface area contributed by atoms with E-state index in [1.54, 1.807) is 0 Å². The van der Waals surface area contributed by atoms with Crippen LogP contribution >= 0.6 is 0 Å². The highest BCUT2D eigenvalue weighted by molar-refractivity contribution is 5.62. The number of benzene rings is 1. The lowest BCUT2D eigenvalue weighted by atomic mass is 10.2. The molecule has 1 aromatic carbocycles. The van der Waals surface area contributed by atoms with E-state index in [-0.39, 0.29) is 5.75 Å². The summed E-state index contributed by atoms with van der Waals surface area (Å²) in [5.41, 5.74) is 8.87. The maximum Gasteiger partial charge on any atom is 0.573 e. The highest BCUT2D eigenvalue weighted by Gasteiger charge is 2.30. The molecule has 1 rings (SSSR count). The van der Waals surface area contributed by atoms with Gasteiger partial charge in [-0.05, 0) is 29.8 Å². The molecule has 0 aliphatic carbocycles. The van der Waals surface area contributed by atoms with E-state index in [9.17, 15) is 13.2 Å². The molecule has 0 bridgehead atoms. The maximum atomic E-state index is 11.9. The van der Waals surface area contributed by atoms with Gasteiger partial charge in [0.2, 0.25) is 0 Å². The lowest BCUT2D eigenvalue weighted by molar-refractivity contribution is -0.274. The Bertz CT molecular complexity index is 412. The molecule has 0 amide bonds. The summed E-state index contributed by atoms with van der Waals surface area (Å²) in [6.07, 6.45) is -3.33. The van der Waals surface area contributed by atoms with Crippen LogP contribution < -0.4 is 15.9 Å². The number of halogens is 3. The molecule has 17 heavy (non-hydrogen) atoms. The maximum absolute atomic E-state index is 11.9. The Kier molecular flexibility index (Phi) is 3.97. The van der Waals surface area contributed by atoms with E-state index in [1.165, 1.54) is 30.5 Å². The molecule has 92 valence electrons. The van der Waals surface area contributed by atoms with Gasteiger partial charge in [0.15, 0.2) is 0 Å². The molecule has 0 heterocycles. The molecule has 0 fully saturated rings. The van der Waals surface area contributed by atoms with Crippen molar-refractivity contribution in [1.29, 1.82) is 0 Å². The second-order valence-corrected chi connectivity index (χ2v) is 2.96. The van der Waals surface area contributed by atoms with Crippen LogP contribution in [-0.4, -0.2) is 13.1 Å². The van der Waals surface area contributed by atoms with Crippen molar-refractivity contribution in [2.45, 2.75) is 6.36 Å². The second-order valence-electron chi connectivity index (χ2n) is 2.96. The van der Waals surface area contributed by atoms with Gasteiger partial charge in [-0.15, -0.1) is 13.2 Å². The van der Waals surface area contributed by atoms with E-state index >= 15 is 0 Å². The predicted molar refractivity (Wildman–Crippen MR) is 58.0 cm³/mol. The first-order chi connectivity index (χ1) is 7.92. The molecular weight excluding hydrogens is 235 g/mol. The third-order valence-electron chi connectivity index (χ3n) is 1.73. The zero-order valence-corrected chi connectivity index (χ0v) is 8.66. The first-order valence-electron chi connectivity index (χ1n) is 4.45. The van der Waals surface area contributed by atoms with Gasteiger partial charge in [0, 0.05) is 12.9 Å². The van der Waals surface area contributed by atoms with Crippen LogP contribution in [0.3, 0.4) is 0 Å². The monoisotopic (exact) mass is 245 g/mol. The quantitative estimate of drug-likeness (QED) is 0.630. The Hall–Kier alpha value is -2.18. The molecule has 0 aromatic heterocycles. The lowest BCUT2D eigenvalue weighted by Crippen LogP contribution is -2.17. The van der Waals surface area contributed by atoms with E-state index in [0.717, 1.165) is 0 Å². The van der Waals surface area contributed by atoms with E-state index in [2.05, 4.69) is 22.0 Å². The number of hydrazone groups is 1. The van der Waals surface area contributed by atoms with E-state index in [1.807, 2.05) is 0 Å². The third kappa shape index (κ3) is 4.45. The minimum Gasteiger partial charge on any atom is -0.406 e. The first kappa shape index (κ1) is 12.9. The predicted octanol–water partition coefficient (Wildman–Crippen LogP) is 2.05. The Morgan fingerprint density at radius 3 is 2.41 bits per heavy atom. The molecule has 0 spiro atoms. The van der Waals surface area contributed by atoms with Crippen LogP contribution in [0, 0.1) is 0 Å². The molecule has 0 aliphatic heterocycles. The molecule has 1 aromatic rings. The number of nitrogens with one attached hydrogen (secondary N) is 1. The number of nitrogens with two attached hydrogens (primary N) is 1. The molecule has 3 N–H and O–H groups in total. The van der Waals surface area contributed by atoms with Gasteiger partial charge in [0.05, 0.1) is 5.70 Å². The van der Waals surface area contributed by atoms with Crippen molar-refractivity contribution in [3.8, 4) is 5.75 Å². The van der Waals surface area contributed by atoms with Crippen molar-refractivity contribution in [1.82, 2.24) is 5.43 Å². The van der Waals surface area contributed by atoms with Crippen molar-refractivity contribution in [2.24, 2.45) is 10.8 Å². The highest BCUT2D eigenvalue weighted by atomic mass is 19.4. The molecule has 7 heteroatoms. The first-order valence-corrected chi connectivity index (χ1v) is 4.45. The Morgan fingerprint density at radius 1 is 1.35 bits per heavy atom. The minimum absolute atomic E-state index is 0.302. The molecule has 4 nitrogen and oxygen atoms in total. The standard InChI is InChI=1S/C10H10F3N3O/c1-15-16-6-9(14)7-2-4-8(5-3-7)17-10(11,12)13/h2-6,16H,1,14H2/b9-6-. The van der Waals surface area contributed by atoms with E-state index < -0.39 is 6.36 Å². The summed E-state index contributed by atoms with van der Waals surface area (Å²) in [7, 11) is 0. The number of nitrogens with zero attached hydrogens (tertiary/aromatic N) is 1. The molecule has 0 saturated heterocycles. The van der Waals surface area contributed by atoms with Crippen molar-refractivity contribution < 1.29 is 17.9 Å². The third-order valence-corrected chi connectivity index (χ3v) is 1.73. The zero-order valence-electron chi connectivity index (χ0n) is 8.66. The fraction of sp³-hybridized carbons (Fsp3) is 0.100. The SMILES string of the molecule is C=NN/C=C(\N)c1ccc(OC(F)(F)F)cc1. The summed E-state index contributed by atoms with van der Waals surface area (Å²) in [4.78, 5) is 0. The molecule has 0 saturated carbocycles. The Balaban J connectivity index is 2.77. The molecule has 0 radical (unpaired) electrons. The molecule has 0 aliphatic rings. The Morgan fingerprint density at radius 2 is 1.94 bits per heavy atom. The minimum atomic E-state index is -4.70. The van der Waals surface area contributed by atoms with Gasteiger partial charge in [-0.25, -0.2) is 0 Å². The van der Waals surface area contributed by atoms with Crippen LogP contribution in [0.25, 0.3) is 5.70 Å². The normalized spacial score (nSPS) is 12.1. The Labute approximate surface area is 95.6 Å². The fourth-order valence-corrected chi connectivity index (χ4v) is 1.05. The highest BCUT2D eigenvalue weighted by Crippen LogP contribution is 2.23. The average molecular weight is 245 g/mol. The van der Waals surface area contributed by atoms with Crippen molar-refractivity contribution in [3.63, 3.8) is 0 Å². The van der Waals surface area contributed by atoms with Gasteiger partial charge in [0.1, 0.15) is 5.75 Å². The van der Waals surface area contributed by atoms with Gasteiger partial charge in [-0.3, -0.25) is 5.43 Å². The van der Waals surface area contributed by atoms with Gasteiger partial charge in [-0.2, -0.15) is 5.10 Å². The summed E-state index contributed by atoms with van der Waals surface area (Å²) in [5.74, 6) is -0.302. The van der Waals surface area contributed by atoms with Crippen LogP contribution in [-0.2, 0) is 0 Å². The number of hydrogen-bond acceptors (Lipinski definition) is 4. The number of alkyl halides is 3. The summed E-state index contributed by atoms with van der Waals surface area (Å²) >= 11 is 0. The van der Waals surface area contributed by atoms with E-state index in [4.69, 9.17) is 5.73 Å². The van der Waals surface area contributed by atoms with Crippen LogP contribution in [0.1, 0.15) is 5.56 Å². The van der Waals surface area contributed by atoms with Gasteiger partial charge >= 0.3 is 6.36 Å². The fourth-order valence-electron chi connectivity index (χ4n) is 1.05. The summed E-state index contributed by atoms with van der Waals surface area (Å²) in [6.45, 7) is 3.17. The van der Waals surface area contributed by atoms with Crippen LogP contribution in [0.15, 0.2) is 35.6 Å². The molecule has 0 unspecified atom stereocenters. The van der Waals surface area contributed by atoms with Crippen molar-refractivity contribution in [3.05, 3.63) is 36.0 Å². The molecular formula is C10H10F3N3O. The van der Waals surface area contributed by atoms with Crippen LogP contribution in [0.4, 0.5) is 13.2 Å². The summed E-state index contributed by atoms with van der Waals surface area (Å²) in [6, 6.07) is 5.14. The topological polar surface area (TPSA) is 59.6 Å². The summed E-state index contributed by atoms with van der Waals surface area (Å²) < 4.78 is 39.4. The number of rotatable bonds is 4. The van der Waals surface area contributed by atoms with Gasteiger partial charge in [0.25, 0.3) is 0 Å². The number of hydrogen-bond donors (Lipinski definition) is 2. The van der Waals surface area contributed by atoms with E-state index in [0.29, 0.717) is 11.3 Å². The molecule has 0 atom stereocenters. The smallest absolute Gasteiger partial charge is 0.406 e. The van der Waals surface area contributed by atoms with Crippen molar-refractivity contribution in [2.75, 3.05) is 0 Å². The largest absolute Gasteiger partial charge is 0.573 e. The second kappa shape index (κ2) is 5.24. The lowest BCUT2D eigenvalue weighted by Gasteiger charge is -2.09. The van der Waals surface area contributed by atoms with Crippen LogP contribution in [0.2, 0.25) is 0 Å². The number of ether oxygens (including phenoxy) is 1. The van der Waals surface area contributed by atoms with Crippen molar-refractivity contribution >= 4 is 12.4 Å². The summed E-state index contributed by atoms with van der Waals surface area (Å²) in [5, 5.41) is 3.34. The van der Waals surface area contributed by atoms with Gasteiger partial charge < -0.3 is 10.5 Å². The van der Waals surface area contributed by atoms with Gasteiger partial charge in [-0.1, -0.05) is 0 Å².